The smallest absolute Gasteiger partial charge is 0.321 e. The van der Waals surface area contributed by atoms with Gasteiger partial charge in [-0.3, -0.25) is 0 Å². The number of aromatic nitrogens is 3. The Labute approximate surface area is 111 Å². The van der Waals surface area contributed by atoms with Crippen LogP contribution in [0.5, 0.6) is 6.01 Å². The summed E-state index contributed by atoms with van der Waals surface area (Å²) in [6, 6.07) is 1.93. The molecule has 0 bridgehead atoms. The molecule has 0 atom stereocenters. The second kappa shape index (κ2) is 5.01. The maximum absolute atomic E-state index is 5.80. The lowest BCUT2D eigenvalue weighted by Crippen LogP contribution is -2.09. The van der Waals surface area contributed by atoms with Gasteiger partial charge in [-0.15, -0.1) is 0 Å². The lowest BCUT2D eigenvalue weighted by atomic mass is 10.4. The van der Waals surface area contributed by atoms with E-state index < -0.39 is 0 Å². The number of ether oxygens (including phenoxy) is 1. The van der Waals surface area contributed by atoms with E-state index in [1.54, 1.807) is 6.07 Å². The molecule has 0 saturated carbocycles. The van der Waals surface area contributed by atoms with E-state index in [9.17, 15) is 0 Å². The van der Waals surface area contributed by atoms with Gasteiger partial charge >= 0.3 is 6.01 Å². The van der Waals surface area contributed by atoms with Crippen molar-refractivity contribution in [1.82, 2.24) is 15.0 Å². The van der Waals surface area contributed by atoms with E-state index in [2.05, 4.69) is 30.9 Å². The molecule has 0 aliphatic rings. The van der Waals surface area contributed by atoms with Crippen molar-refractivity contribution in [3.05, 3.63) is 22.1 Å². The number of furan rings is 1. The van der Waals surface area contributed by atoms with Crippen LogP contribution in [0.3, 0.4) is 0 Å². The Morgan fingerprint density at radius 2 is 2.12 bits per heavy atom. The van der Waals surface area contributed by atoms with Crippen molar-refractivity contribution in [2.75, 3.05) is 0 Å². The highest BCUT2D eigenvalue weighted by Crippen LogP contribution is 2.27. The van der Waals surface area contributed by atoms with Crippen molar-refractivity contribution < 1.29 is 9.15 Å². The molecule has 0 spiro atoms. The van der Waals surface area contributed by atoms with Crippen LogP contribution in [-0.4, -0.2) is 21.1 Å². The molecule has 0 N–H and O–H groups in total. The molecule has 2 aromatic rings. The first-order chi connectivity index (χ1) is 8.06. The highest BCUT2D eigenvalue weighted by molar-refractivity contribution is 9.10. The summed E-state index contributed by atoms with van der Waals surface area (Å²) >= 11 is 9.13. The first-order valence-electron chi connectivity index (χ1n) is 4.88. The molecule has 0 radical (unpaired) electrons. The molecule has 2 rings (SSSR count). The number of nitrogens with zero attached hydrogens (tertiary/aromatic N) is 3. The molecule has 2 heterocycles. The fourth-order valence-corrected chi connectivity index (χ4v) is 1.68. The molecule has 0 saturated heterocycles. The summed E-state index contributed by atoms with van der Waals surface area (Å²) in [5.74, 6) is 0.820. The highest BCUT2D eigenvalue weighted by atomic mass is 79.9. The van der Waals surface area contributed by atoms with Gasteiger partial charge in [-0.2, -0.15) is 15.0 Å². The first kappa shape index (κ1) is 12.3. The third-order valence-electron chi connectivity index (χ3n) is 1.75. The molecule has 90 valence electrons. The van der Waals surface area contributed by atoms with E-state index in [1.165, 1.54) is 6.26 Å². The van der Waals surface area contributed by atoms with E-state index in [1.807, 2.05) is 13.8 Å². The van der Waals surface area contributed by atoms with Crippen LogP contribution in [0.25, 0.3) is 11.6 Å². The zero-order chi connectivity index (χ0) is 12.4. The van der Waals surface area contributed by atoms with Gasteiger partial charge in [0.05, 0.1) is 16.8 Å². The largest absolute Gasteiger partial charge is 0.461 e. The van der Waals surface area contributed by atoms with E-state index in [4.69, 9.17) is 20.8 Å². The maximum atomic E-state index is 5.80. The van der Waals surface area contributed by atoms with Gasteiger partial charge in [-0.05, 0) is 47.4 Å². The second-order valence-electron chi connectivity index (χ2n) is 3.47. The molecular formula is C10H9BrClN3O2. The fourth-order valence-electron chi connectivity index (χ4n) is 1.15. The maximum Gasteiger partial charge on any atom is 0.321 e. The number of rotatable bonds is 3. The van der Waals surface area contributed by atoms with Gasteiger partial charge < -0.3 is 9.15 Å². The topological polar surface area (TPSA) is 61.0 Å². The van der Waals surface area contributed by atoms with Gasteiger partial charge in [0.1, 0.15) is 0 Å². The van der Waals surface area contributed by atoms with Gasteiger partial charge in [0.25, 0.3) is 0 Å². The average molecular weight is 319 g/mol. The van der Waals surface area contributed by atoms with Crippen LogP contribution >= 0.6 is 27.5 Å². The van der Waals surface area contributed by atoms with Gasteiger partial charge in [0.15, 0.2) is 5.76 Å². The van der Waals surface area contributed by atoms with Crippen molar-refractivity contribution in [3.63, 3.8) is 0 Å². The molecule has 0 amide bonds. The van der Waals surface area contributed by atoms with Crippen molar-refractivity contribution in [2.45, 2.75) is 20.0 Å². The van der Waals surface area contributed by atoms with Crippen molar-refractivity contribution in [3.8, 4) is 17.6 Å². The number of hydrogen-bond donors (Lipinski definition) is 0. The summed E-state index contributed by atoms with van der Waals surface area (Å²) in [6.45, 7) is 3.75. The lowest BCUT2D eigenvalue weighted by Gasteiger charge is -2.07. The normalized spacial score (nSPS) is 10.9. The minimum Gasteiger partial charge on any atom is -0.461 e. The minimum absolute atomic E-state index is 0.0404. The van der Waals surface area contributed by atoms with Crippen LogP contribution in [0, 0.1) is 0 Å². The Morgan fingerprint density at radius 1 is 1.35 bits per heavy atom. The Hall–Kier alpha value is -1.14. The van der Waals surface area contributed by atoms with Gasteiger partial charge in [-0.1, -0.05) is 0 Å². The van der Waals surface area contributed by atoms with Crippen LogP contribution in [-0.2, 0) is 0 Å². The van der Waals surface area contributed by atoms with Crippen molar-refractivity contribution in [1.29, 1.82) is 0 Å². The van der Waals surface area contributed by atoms with E-state index in [-0.39, 0.29) is 17.4 Å². The molecule has 0 aromatic carbocycles. The van der Waals surface area contributed by atoms with Crippen LogP contribution in [0.4, 0.5) is 0 Å². The van der Waals surface area contributed by atoms with Gasteiger partial charge in [-0.25, -0.2) is 0 Å². The molecule has 5 nitrogen and oxygen atoms in total. The Bertz CT molecular complexity index is 530. The Morgan fingerprint density at radius 3 is 2.71 bits per heavy atom. The SMILES string of the molecule is CC(C)Oc1nc(Cl)nc(-c2occc2Br)n1. The number of hydrogen-bond acceptors (Lipinski definition) is 5. The summed E-state index contributed by atoms with van der Waals surface area (Å²) in [6.07, 6.45) is 1.49. The minimum atomic E-state index is -0.0404. The third-order valence-corrected chi connectivity index (χ3v) is 2.54. The van der Waals surface area contributed by atoms with E-state index in [0.717, 1.165) is 4.47 Å². The van der Waals surface area contributed by atoms with Crippen LogP contribution in [0.2, 0.25) is 5.28 Å². The Kier molecular flexibility index (Phi) is 3.63. The average Bonchev–Trinajstić information content (AvgIpc) is 2.62. The van der Waals surface area contributed by atoms with Crippen LogP contribution in [0.1, 0.15) is 13.8 Å². The van der Waals surface area contributed by atoms with E-state index >= 15 is 0 Å². The summed E-state index contributed by atoms with van der Waals surface area (Å²) in [7, 11) is 0. The van der Waals surface area contributed by atoms with Crippen molar-refractivity contribution in [2.24, 2.45) is 0 Å². The molecular weight excluding hydrogens is 309 g/mol. The molecule has 17 heavy (non-hydrogen) atoms. The van der Waals surface area contributed by atoms with Gasteiger partial charge in [0.2, 0.25) is 11.1 Å². The second-order valence-corrected chi connectivity index (χ2v) is 4.67. The molecule has 2 aromatic heterocycles. The van der Waals surface area contributed by atoms with E-state index in [0.29, 0.717) is 11.6 Å². The molecule has 7 heteroatoms. The highest BCUT2D eigenvalue weighted by Gasteiger charge is 2.14. The zero-order valence-corrected chi connectivity index (χ0v) is 11.5. The Balaban J connectivity index is 2.42. The molecule has 0 fully saturated rings. The predicted octanol–water partition coefficient (Wildman–Crippen LogP) is 3.33. The lowest BCUT2D eigenvalue weighted by molar-refractivity contribution is 0.221. The monoisotopic (exact) mass is 317 g/mol. The standard InChI is InChI=1S/C10H9BrClN3O2/c1-5(2)17-10-14-8(13-9(12)15-10)7-6(11)3-4-16-7/h3-5H,1-2H3. The van der Waals surface area contributed by atoms with Crippen molar-refractivity contribution >= 4 is 27.5 Å². The summed E-state index contributed by atoms with van der Waals surface area (Å²) in [5, 5.41) is 0.0638. The third kappa shape index (κ3) is 2.95. The number of halogens is 2. The first-order valence-corrected chi connectivity index (χ1v) is 6.05. The zero-order valence-electron chi connectivity index (χ0n) is 9.15. The molecule has 0 aliphatic heterocycles. The van der Waals surface area contributed by atoms with Gasteiger partial charge in [0, 0.05) is 0 Å². The fraction of sp³-hybridized carbons (Fsp3) is 0.300. The summed E-state index contributed by atoms with van der Waals surface area (Å²) < 4.78 is 11.4. The quantitative estimate of drug-likeness (QED) is 0.868. The summed E-state index contributed by atoms with van der Waals surface area (Å²) in [4.78, 5) is 12.0. The summed E-state index contributed by atoms with van der Waals surface area (Å²) in [5.41, 5.74) is 0. The van der Waals surface area contributed by atoms with Crippen LogP contribution in [0.15, 0.2) is 21.2 Å². The molecule has 0 aliphatic carbocycles. The predicted molar refractivity (Wildman–Crippen MR) is 66.0 cm³/mol. The van der Waals surface area contributed by atoms with Crippen LogP contribution < -0.4 is 4.74 Å². The molecule has 0 unspecified atom stereocenters.